The average molecular weight is 198 g/mol. The lowest BCUT2D eigenvalue weighted by Crippen LogP contribution is -2.11. The first-order valence-electron chi connectivity index (χ1n) is 5.23. The van der Waals surface area contributed by atoms with Gasteiger partial charge in [0.15, 0.2) is 0 Å². The van der Waals surface area contributed by atoms with E-state index in [1.807, 2.05) is 0 Å². The van der Waals surface area contributed by atoms with Crippen LogP contribution in [0.15, 0.2) is 48.5 Å². The summed E-state index contributed by atoms with van der Waals surface area (Å²) in [6.45, 7) is 0. The lowest BCUT2D eigenvalue weighted by atomic mass is 10.1. The summed E-state index contributed by atoms with van der Waals surface area (Å²) in [6, 6.07) is 17.1. The molecule has 1 heteroatoms. The van der Waals surface area contributed by atoms with Crippen LogP contribution in [0.1, 0.15) is 11.1 Å². The number of rotatable bonds is 3. The standard InChI is InChI=1S/C14H16N/c1-15(2)14-10-6-5-9-13(14)11-12-7-3-4-8-12/h3-10H,11H2,1-2H3/q-1. The van der Waals surface area contributed by atoms with Gasteiger partial charge >= 0.3 is 0 Å². The molecule has 15 heavy (non-hydrogen) atoms. The van der Waals surface area contributed by atoms with Gasteiger partial charge in [0, 0.05) is 19.8 Å². The Hall–Kier alpha value is -1.63. The van der Waals surface area contributed by atoms with Crippen molar-refractivity contribution in [2.75, 3.05) is 19.0 Å². The van der Waals surface area contributed by atoms with E-state index in [1.54, 1.807) is 0 Å². The third kappa shape index (κ3) is 2.24. The van der Waals surface area contributed by atoms with E-state index in [9.17, 15) is 0 Å². The topological polar surface area (TPSA) is 3.24 Å². The summed E-state index contributed by atoms with van der Waals surface area (Å²) >= 11 is 0. The van der Waals surface area contributed by atoms with Gasteiger partial charge in [0.05, 0.1) is 0 Å². The molecule has 78 valence electrons. The fraction of sp³-hybridized carbons (Fsp3) is 0.214. The highest BCUT2D eigenvalue weighted by molar-refractivity contribution is 5.54. The van der Waals surface area contributed by atoms with Gasteiger partial charge in [-0.1, -0.05) is 24.6 Å². The van der Waals surface area contributed by atoms with Crippen LogP contribution in [0.4, 0.5) is 5.69 Å². The van der Waals surface area contributed by atoms with E-state index in [-0.39, 0.29) is 0 Å². The van der Waals surface area contributed by atoms with Crippen LogP contribution in [0.25, 0.3) is 0 Å². The van der Waals surface area contributed by atoms with Crippen LogP contribution in [0, 0.1) is 0 Å². The Morgan fingerprint density at radius 2 is 1.93 bits per heavy atom. The molecule has 2 aromatic rings. The molecular formula is C14H16N-. The number of hydrogen-bond donors (Lipinski definition) is 0. The zero-order valence-corrected chi connectivity index (χ0v) is 9.27. The predicted molar refractivity (Wildman–Crippen MR) is 65.6 cm³/mol. The van der Waals surface area contributed by atoms with E-state index < -0.39 is 0 Å². The molecule has 0 aliphatic carbocycles. The van der Waals surface area contributed by atoms with Crippen LogP contribution < -0.4 is 4.90 Å². The van der Waals surface area contributed by atoms with Gasteiger partial charge < -0.3 is 4.90 Å². The van der Waals surface area contributed by atoms with Crippen LogP contribution >= 0.6 is 0 Å². The van der Waals surface area contributed by atoms with Gasteiger partial charge in [-0.05, 0) is 11.6 Å². The lowest BCUT2D eigenvalue weighted by molar-refractivity contribution is 1.08. The summed E-state index contributed by atoms with van der Waals surface area (Å²) in [5, 5.41) is 0. The first kappa shape index (κ1) is 9.91. The highest BCUT2D eigenvalue weighted by atomic mass is 15.1. The second kappa shape index (κ2) is 4.26. The van der Waals surface area contributed by atoms with Crippen LogP contribution in [-0.2, 0) is 6.42 Å². The minimum Gasteiger partial charge on any atom is -0.377 e. The van der Waals surface area contributed by atoms with Crippen molar-refractivity contribution in [3.8, 4) is 0 Å². The Kier molecular flexibility index (Phi) is 2.82. The molecule has 0 aliphatic heterocycles. The van der Waals surface area contributed by atoms with E-state index >= 15 is 0 Å². The Labute approximate surface area is 91.3 Å². The maximum absolute atomic E-state index is 2.20. The number of nitrogens with zero attached hydrogens (tertiary/aromatic N) is 1. The zero-order chi connectivity index (χ0) is 10.7. The van der Waals surface area contributed by atoms with E-state index in [1.165, 1.54) is 16.8 Å². The van der Waals surface area contributed by atoms with Crippen molar-refractivity contribution in [2.45, 2.75) is 6.42 Å². The van der Waals surface area contributed by atoms with E-state index in [0.29, 0.717) is 0 Å². The van der Waals surface area contributed by atoms with Crippen LogP contribution in [0.3, 0.4) is 0 Å². The Morgan fingerprint density at radius 1 is 1.13 bits per heavy atom. The number of benzene rings is 1. The smallest absolute Gasteiger partial charge is 0.0386 e. The second-order valence-corrected chi connectivity index (χ2v) is 3.99. The molecule has 0 N–H and O–H groups in total. The quantitative estimate of drug-likeness (QED) is 0.685. The van der Waals surface area contributed by atoms with Crippen molar-refractivity contribution in [1.29, 1.82) is 0 Å². The van der Waals surface area contributed by atoms with Crippen LogP contribution in [0.2, 0.25) is 0 Å². The average Bonchev–Trinajstić information content (AvgIpc) is 2.71. The third-order valence-corrected chi connectivity index (χ3v) is 2.60. The molecule has 1 nitrogen and oxygen atoms in total. The SMILES string of the molecule is CN(C)c1ccccc1Cc1cc[cH-]c1. The summed E-state index contributed by atoms with van der Waals surface area (Å²) in [7, 11) is 4.17. The lowest BCUT2D eigenvalue weighted by Gasteiger charge is -2.18. The first-order valence-corrected chi connectivity index (χ1v) is 5.23. The molecule has 2 rings (SSSR count). The van der Waals surface area contributed by atoms with E-state index in [2.05, 4.69) is 67.5 Å². The molecule has 2 aromatic carbocycles. The fourth-order valence-corrected chi connectivity index (χ4v) is 1.85. The van der Waals surface area contributed by atoms with Crippen molar-refractivity contribution >= 4 is 5.69 Å². The Morgan fingerprint density at radius 3 is 2.60 bits per heavy atom. The van der Waals surface area contributed by atoms with Crippen molar-refractivity contribution in [2.24, 2.45) is 0 Å². The summed E-state index contributed by atoms with van der Waals surface area (Å²) in [6.07, 6.45) is 1.02. The molecular weight excluding hydrogens is 182 g/mol. The van der Waals surface area contributed by atoms with Gasteiger partial charge in [-0.25, -0.2) is 6.07 Å². The largest absolute Gasteiger partial charge is 0.377 e. The molecule has 0 radical (unpaired) electrons. The van der Waals surface area contributed by atoms with E-state index in [0.717, 1.165) is 6.42 Å². The van der Waals surface area contributed by atoms with Crippen molar-refractivity contribution in [1.82, 2.24) is 0 Å². The summed E-state index contributed by atoms with van der Waals surface area (Å²) in [5.74, 6) is 0. The Bertz CT molecular complexity index is 413. The number of hydrogen-bond acceptors (Lipinski definition) is 1. The molecule has 0 bridgehead atoms. The first-order chi connectivity index (χ1) is 7.27. The number of anilines is 1. The molecule has 0 atom stereocenters. The third-order valence-electron chi connectivity index (χ3n) is 2.60. The molecule has 0 unspecified atom stereocenters. The van der Waals surface area contributed by atoms with Gasteiger partial charge in [0.1, 0.15) is 0 Å². The molecule has 0 aromatic heterocycles. The molecule has 0 saturated carbocycles. The fourth-order valence-electron chi connectivity index (χ4n) is 1.85. The van der Waals surface area contributed by atoms with Gasteiger partial charge in [0.25, 0.3) is 0 Å². The second-order valence-electron chi connectivity index (χ2n) is 3.99. The molecule has 0 spiro atoms. The predicted octanol–water partition coefficient (Wildman–Crippen LogP) is 3.06. The minimum absolute atomic E-state index is 1.02. The molecule has 0 fully saturated rings. The summed E-state index contributed by atoms with van der Waals surface area (Å²) in [5.41, 5.74) is 4.07. The zero-order valence-electron chi connectivity index (χ0n) is 9.27. The highest BCUT2D eigenvalue weighted by Gasteiger charge is 2.01. The summed E-state index contributed by atoms with van der Waals surface area (Å²) in [4.78, 5) is 2.16. The van der Waals surface area contributed by atoms with Crippen LogP contribution in [-0.4, -0.2) is 14.1 Å². The van der Waals surface area contributed by atoms with Crippen molar-refractivity contribution in [3.63, 3.8) is 0 Å². The maximum Gasteiger partial charge on any atom is 0.0386 e. The Balaban J connectivity index is 2.28. The number of para-hydroxylation sites is 1. The minimum atomic E-state index is 1.02. The normalized spacial score (nSPS) is 10.3. The van der Waals surface area contributed by atoms with E-state index in [4.69, 9.17) is 0 Å². The van der Waals surface area contributed by atoms with Gasteiger partial charge in [-0.15, -0.1) is 0 Å². The van der Waals surface area contributed by atoms with Crippen molar-refractivity contribution in [3.05, 3.63) is 59.7 Å². The highest BCUT2D eigenvalue weighted by Crippen LogP contribution is 2.21. The van der Waals surface area contributed by atoms with Gasteiger partial charge in [-0.3, -0.25) is 0 Å². The maximum atomic E-state index is 2.20. The van der Waals surface area contributed by atoms with Gasteiger partial charge in [0.2, 0.25) is 0 Å². The van der Waals surface area contributed by atoms with Crippen LogP contribution in [0.5, 0.6) is 0 Å². The molecule has 0 saturated heterocycles. The molecule has 0 aliphatic rings. The van der Waals surface area contributed by atoms with Gasteiger partial charge in [-0.2, -0.15) is 23.8 Å². The van der Waals surface area contributed by atoms with Crippen molar-refractivity contribution < 1.29 is 0 Å². The monoisotopic (exact) mass is 198 g/mol. The summed E-state index contributed by atoms with van der Waals surface area (Å²) < 4.78 is 0. The molecule has 0 heterocycles. The molecule has 0 amide bonds.